The molecule has 6 N–H and O–H groups in total. The summed E-state index contributed by atoms with van der Waals surface area (Å²) in [5.41, 5.74) is 16.0. The van der Waals surface area contributed by atoms with Crippen LogP contribution in [-0.4, -0.2) is 6.17 Å². The zero-order valence-electron chi connectivity index (χ0n) is 4.39. The molecule has 0 amide bonds. The summed E-state index contributed by atoms with van der Waals surface area (Å²) >= 11 is 0. The Morgan fingerprint density at radius 3 is 2.00 bits per heavy atom. The molecular weight excluding hydrogens is 90.1 g/mol. The fourth-order valence-electron chi connectivity index (χ4n) is 0.192. The second kappa shape index (κ2) is 2.60. The molecule has 0 aliphatic rings. The fraction of sp³-hybridized carbons (Fsp3) is 0.500. The van der Waals surface area contributed by atoms with E-state index in [1.807, 2.05) is 0 Å². The van der Waals surface area contributed by atoms with Crippen molar-refractivity contribution in [3.63, 3.8) is 0 Å². The van der Waals surface area contributed by atoms with E-state index in [0.717, 1.165) is 0 Å². The lowest BCUT2D eigenvalue weighted by Gasteiger charge is -2.01. The van der Waals surface area contributed by atoms with Crippen LogP contribution in [0.15, 0.2) is 11.8 Å². The van der Waals surface area contributed by atoms with Gasteiger partial charge in [-0.1, -0.05) is 6.08 Å². The number of hydrogen-bond acceptors (Lipinski definition) is 3. The van der Waals surface area contributed by atoms with Gasteiger partial charge in [0, 0.05) is 5.70 Å². The van der Waals surface area contributed by atoms with Gasteiger partial charge in [-0.15, -0.1) is 0 Å². The molecule has 3 heteroatoms. The molecule has 0 fully saturated rings. The molecule has 0 aromatic heterocycles. The second-order valence-electron chi connectivity index (χ2n) is 1.31. The summed E-state index contributed by atoms with van der Waals surface area (Å²) in [4.78, 5) is 0. The Labute approximate surface area is 43.2 Å². The highest BCUT2D eigenvalue weighted by molar-refractivity contribution is 5.00. The van der Waals surface area contributed by atoms with Crippen molar-refractivity contribution in [2.24, 2.45) is 17.2 Å². The maximum absolute atomic E-state index is 5.23. The first-order valence-corrected chi connectivity index (χ1v) is 2.11. The molecule has 0 heterocycles. The molecule has 0 spiro atoms. The van der Waals surface area contributed by atoms with Crippen LogP contribution in [-0.2, 0) is 0 Å². The summed E-state index contributed by atoms with van der Waals surface area (Å²) in [6.45, 7) is 1.79. The summed E-state index contributed by atoms with van der Waals surface area (Å²) < 4.78 is 0. The van der Waals surface area contributed by atoms with Crippen LogP contribution in [0.5, 0.6) is 0 Å². The van der Waals surface area contributed by atoms with Crippen LogP contribution >= 0.6 is 0 Å². The highest BCUT2D eigenvalue weighted by Crippen LogP contribution is 1.79. The molecule has 0 aromatic carbocycles. The number of rotatable bonds is 1. The predicted octanol–water partition coefficient (Wildman–Crippen LogP) is -0.908. The fourth-order valence-corrected chi connectivity index (χ4v) is 0.192. The van der Waals surface area contributed by atoms with Crippen LogP contribution in [0.2, 0.25) is 0 Å². The quantitative estimate of drug-likeness (QED) is 0.374. The van der Waals surface area contributed by atoms with Gasteiger partial charge in [0.1, 0.15) is 0 Å². The standard InChI is InChI=1S/C4H11N3/c1-2-3(5)4(6)7/h2,4H,5-7H2,1H3/b3-2-. The monoisotopic (exact) mass is 101 g/mol. The van der Waals surface area contributed by atoms with E-state index in [2.05, 4.69) is 0 Å². The van der Waals surface area contributed by atoms with Crippen molar-refractivity contribution in [1.82, 2.24) is 0 Å². The summed E-state index contributed by atoms with van der Waals surface area (Å²) in [5, 5.41) is 0. The first-order chi connectivity index (χ1) is 3.18. The van der Waals surface area contributed by atoms with Crippen LogP contribution in [0.25, 0.3) is 0 Å². The molecule has 42 valence electrons. The zero-order chi connectivity index (χ0) is 5.86. The minimum atomic E-state index is -0.495. The molecule has 3 nitrogen and oxygen atoms in total. The van der Waals surface area contributed by atoms with Crippen molar-refractivity contribution < 1.29 is 0 Å². The molecule has 0 saturated heterocycles. The van der Waals surface area contributed by atoms with Gasteiger partial charge in [-0.05, 0) is 6.92 Å². The van der Waals surface area contributed by atoms with Gasteiger partial charge in [-0.25, -0.2) is 0 Å². The Morgan fingerprint density at radius 1 is 1.57 bits per heavy atom. The Balaban J connectivity index is 3.56. The van der Waals surface area contributed by atoms with E-state index in [1.54, 1.807) is 13.0 Å². The maximum atomic E-state index is 5.23. The maximum Gasteiger partial charge on any atom is 0.0928 e. The summed E-state index contributed by atoms with van der Waals surface area (Å²) in [5.74, 6) is 0. The van der Waals surface area contributed by atoms with Crippen LogP contribution in [0.1, 0.15) is 6.92 Å². The van der Waals surface area contributed by atoms with E-state index in [0.29, 0.717) is 5.70 Å². The molecule has 7 heavy (non-hydrogen) atoms. The second-order valence-corrected chi connectivity index (χ2v) is 1.31. The lowest BCUT2D eigenvalue weighted by Crippen LogP contribution is -2.36. The summed E-state index contributed by atoms with van der Waals surface area (Å²) in [6, 6.07) is 0. The average molecular weight is 101 g/mol. The van der Waals surface area contributed by atoms with E-state index in [-0.39, 0.29) is 0 Å². The van der Waals surface area contributed by atoms with Gasteiger partial charge in [0.15, 0.2) is 0 Å². The van der Waals surface area contributed by atoms with Crippen LogP contribution in [0.3, 0.4) is 0 Å². The largest absolute Gasteiger partial charge is 0.400 e. The van der Waals surface area contributed by atoms with Gasteiger partial charge < -0.3 is 17.2 Å². The van der Waals surface area contributed by atoms with Crippen molar-refractivity contribution in [3.05, 3.63) is 11.8 Å². The summed E-state index contributed by atoms with van der Waals surface area (Å²) in [7, 11) is 0. The van der Waals surface area contributed by atoms with E-state index in [9.17, 15) is 0 Å². The van der Waals surface area contributed by atoms with Crippen molar-refractivity contribution in [3.8, 4) is 0 Å². The predicted molar refractivity (Wildman–Crippen MR) is 30.1 cm³/mol. The number of hydrogen-bond donors (Lipinski definition) is 3. The Kier molecular flexibility index (Phi) is 2.40. The molecule has 0 aliphatic heterocycles. The molecule has 0 radical (unpaired) electrons. The summed E-state index contributed by atoms with van der Waals surface area (Å²) in [6.07, 6.45) is 1.19. The van der Waals surface area contributed by atoms with Gasteiger partial charge in [0.25, 0.3) is 0 Å². The molecule has 0 saturated carbocycles. The van der Waals surface area contributed by atoms with Crippen molar-refractivity contribution in [2.45, 2.75) is 13.1 Å². The smallest absolute Gasteiger partial charge is 0.0928 e. The molecule has 0 atom stereocenters. The first-order valence-electron chi connectivity index (χ1n) is 2.11. The normalized spacial score (nSPS) is 12.9. The van der Waals surface area contributed by atoms with E-state index in [1.165, 1.54) is 0 Å². The van der Waals surface area contributed by atoms with Gasteiger partial charge in [-0.3, -0.25) is 0 Å². The van der Waals surface area contributed by atoms with Crippen LogP contribution < -0.4 is 17.2 Å². The molecule has 0 aliphatic carbocycles. The van der Waals surface area contributed by atoms with Gasteiger partial charge >= 0.3 is 0 Å². The van der Waals surface area contributed by atoms with E-state index >= 15 is 0 Å². The number of nitrogens with two attached hydrogens (primary N) is 3. The Bertz CT molecular complexity index is 75.0. The SMILES string of the molecule is C/C=C(\N)C(N)N. The highest BCUT2D eigenvalue weighted by atomic mass is 14.9. The third-order valence-electron chi connectivity index (χ3n) is 0.718. The van der Waals surface area contributed by atoms with E-state index in [4.69, 9.17) is 17.2 Å². The molecule has 0 bridgehead atoms. The van der Waals surface area contributed by atoms with Crippen molar-refractivity contribution in [1.29, 1.82) is 0 Å². The minimum absolute atomic E-state index is 0.495. The minimum Gasteiger partial charge on any atom is -0.400 e. The van der Waals surface area contributed by atoms with Crippen molar-refractivity contribution >= 4 is 0 Å². The van der Waals surface area contributed by atoms with Crippen LogP contribution in [0.4, 0.5) is 0 Å². The van der Waals surface area contributed by atoms with Gasteiger partial charge in [0.2, 0.25) is 0 Å². The van der Waals surface area contributed by atoms with Gasteiger partial charge in [0.05, 0.1) is 6.17 Å². The third kappa shape index (κ3) is 2.19. The lowest BCUT2D eigenvalue weighted by molar-refractivity contribution is 0.803. The van der Waals surface area contributed by atoms with Crippen molar-refractivity contribution in [2.75, 3.05) is 0 Å². The first kappa shape index (κ1) is 6.46. The zero-order valence-corrected chi connectivity index (χ0v) is 4.39. The Morgan fingerprint density at radius 2 is 2.00 bits per heavy atom. The average Bonchev–Trinajstić information content (AvgIpc) is 1.65. The van der Waals surface area contributed by atoms with Crippen LogP contribution in [0, 0.1) is 0 Å². The highest BCUT2D eigenvalue weighted by Gasteiger charge is 1.91. The third-order valence-corrected chi connectivity index (χ3v) is 0.718. The topological polar surface area (TPSA) is 78.1 Å². The van der Waals surface area contributed by atoms with Gasteiger partial charge in [-0.2, -0.15) is 0 Å². The lowest BCUT2D eigenvalue weighted by atomic mass is 10.4. The molecule has 0 unspecified atom stereocenters. The molecule has 0 aromatic rings. The Hall–Kier alpha value is -0.540. The molecular formula is C4H11N3. The number of allylic oxidation sites excluding steroid dienone is 1. The van der Waals surface area contributed by atoms with E-state index < -0.39 is 6.17 Å². The molecule has 0 rings (SSSR count).